The molecule has 0 bridgehead atoms. The van der Waals surface area contributed by atoms with Gasteiger partial charge in [-0.3, -0.25) is 4.79 Å². The number of aromatic nitrogens is 1. The molecular formula is C24H24F3N3OS2. The van der Waals surface area contributed by atoms with E-state index in [4.69, 9.17) is 0 Å². The molecular weight excluding hydrogens is 467 g/mol. The SMILES string of the molecule is Cc1ccc(CSc2nc(CC(=O)N3CCN(c4cccc(C(F)(F)F)c4)CC3)cs2)cc1. The van der Waals surface area contributed by atoms with Crippen LogP contribution in [-0.2, 0) is 23.1 Å². The van der Waals surface area contributed by atoms with Crippen LogP contribution >= 0.6 is 23.1 Å². The van der Waals surface area contributed by atoms with E-state index in [9.17, 15) is 18.0 Å². The fourth-order valence-electron chi connectivity index (χ4n) is 3.62. The molecule has 0 atom stereocenters. The number of rotatable bonds is 6. The van der Waals surface area contributed by atoms with Crippen molar-refractivity contribution in [2.45, 2.75) is 29.6 Å². The summed E-state index contributed by atoms with van der Waals surface area (Å²) < 4.78 is 39.9. The summed E-state index contributed by atoms with van der Waals surface area (Å²) in [6, 6.07) is 13.7. The van der Waals surface area contributed by atoms with Crippen LogP contribution in [-0.4, -0.2) is 42.0 Å². The molecule has 1 fully saturated rings. The number of carbonyl (C=O) groups excluding carboxylic acids is 1. The summed E-state index contributed by atoms with van der Waals surface area (Å²) >= 11 is 3.20. The van der Waals surface area contributed by atoms with Gasteiger partial charge in [0, 0.05) is 43.0 Å². The molecule has 1 aliphatic rings. The van der Waals surface area contributed by atoms with E-state index in [-0.39, 0.29) is 12.3 Å². The minimum absolute atomic E-state index is 0.000855. The Hall–Kier alpha value is -2.52. The number of aryl methyl sites for hydroxylation is 1. The molecule has 33 heavy (non-hydrogen) atoms. The molecule has 9 heteroatoms. The highest BCUT2D eigenvalue weighted by Crippen LogP contribution is 2.32. The molecule has 3 aromatic rings. The van der Waals surface area contributed by atoms with Crippen molar-refractivity contribution in [3.8, 4) is 0 Å². The van der Waals surface area contributed by atoms with Crippen LogP contribution in [0.15, 0.2) is 58.3 Å². The summed E-state index contributed by atoms with van der Waals surface area (Å²) in [5.41, 5.74) is 3.10. The Morgan fingerprint density at radius 2 is 1.82 bits per heavy atom. The highest BCUT2D eigenvalue weighted by molar-refractivity contribution is 8.00. The van der Waals surface area contributed by atoms with Gasteiger partial charge in [0.25, 0.3) is 0 Å². The Morgan fingerprint density at radius 1 is 1.09 bits per heavy atom. The van der Waals surface area contributed by atoms with E-state index in [1.807, 2.05) is 10.3 Å². The Bertz CT molecular complexity index is 1090. The van der Waals surface area contributed by atoms with Crippen LogP contribution in [0.25, 0.3) is 0 Å². The summed E-state index contributed by atoms with van der Waals surface area (Å²) in [5.74, 6) is 0.831. The largest absolute Gasteiger partial charge is 0.416 e. The molecule has 0 spiro atoms. The van der Waals surface area contributed by atoms with Crippen LogP contribution in [0.2, 0.25) is 0 Å². The van der Waals surface area contributed by atoms with Crippen molar-refractivity contribution in [1.82, 2.24) is 9.88 Å². The fraction of sp³-hybridized carbons (Fsp3) is 0.333. The number of thiazole rings is 1. The van der Waals surface area contributed by atoms with Crippen molar-refractivity contribution in [3.63, 3.8) is 0 Å². The van der Waals surface area contributed by atoms with Crippen LogP contribution in [0.3, 0.4) is 0 Å². The lowest BCUT2D eigenvalue weighted by Crippen LogP contribution is -2.49. The van der Waals surface area contributed by atoms with Gasteiger partial charge in [-0.2, -0.15) is 13.2 Å². The molecule has 1 saturated heterocycles. The maximum atomic E-state index is 13.0. The predicted molar refractivity (Wildman–Crippen MR) is 127 cm³/mol. The molecule has 0 N–H and O–H groups in total. The maximum absolute atomic E-state index is 13.0. The van der Waals surface area contributed by atoms with Crippen molar-refractivity contribution in [2.24, 2.45) is 0 Å². The number of anilines is 1. The highest BCUT2D eigenvalue weighted by Gasteiger charge is 2.31. The average Bonchev–Trinajstić information content (AvgIpc) is 3.25. The van der Waals surface area contributed by atoms with Gasteiger partial charge in [-0.25, -0.2) is 4.98 Å². The molecule has 0 saturated carbocycles. The normalized spacial score (nSPS) is 14.5. The van der Waals surface area contributed by atoms with Crippen molar-refractivity contribution >= 4 is 34.7 Å². The first-order chi connectivity index (χ1) is 15.8. The van der Waals surface area contributed by atoms with Crippen molar-refractivity contribution < 1.29 is 18.0 Å². The molecule has 2 heterocycles. The first-order valence-electron chi connectivity index (χ1n) is 10.6. The highest BCUT2D eigenvalue weighted by atomic mass is 32.2. The lowest BCUT2D eigenvalue weighted by atomic mass is 10.1. The second kappa shape index (κ2) is 10.2. The number of amides is 1. The van der Waals surface area contributed by atoms with Gasteiger partial charge in [0.15, 0.2) is 0 Å². The molecule has 4 rings (SSSR count). The molecule has 1 amide bonds. The van der Waals surface area contributed by atoms with Crippen LogP contribution in [0.5, 0.6) is 0 Å². The third-order valence-corrected chi connectivity index (χ3v) is 7.66. The monoisotopic (exact) mass is 491 g/mol. The van der Waals surface area contributed by atoms with Gasteiger partial charge < -0.3 is 9.80 Å². The zero-order valence-electron chi connectivity index (χ0n) is 18.1. The summed E-state index contributed by atoms with van der Waals surface area (Å²) in [6.45, 7) is 4.03. The van der Waals surface area contributed by atoms with Gasteiger partial charge in [-0.15, -0.1) is 11.3 Å². The molecule has 0 aliphatic carbocycles. The second-order valence-corrected chi connectivity index (χ2v) is 10.1. The number of piperazine rings is 1. The van der Waals surface area contributed by atoms with E-state index >= 15 is 0 Å². The first kappa shape index (κ1) is 23.6. The Morgan fingerprint density at radius 3 is 2.52 bits per heavy atom. The number of hydrogen-bond donors (Lipinski definition) is 0. The molecule has 2 aromatic carbocycles. The number of nitrogens with zero attached hydrogens (tertiary/aromatic N) is 3. The average molecular weight is 492 g/mol. The fourth-order valence-corrected chi connectivity index (χ4v) is 5.43. The molecule has 0 radical (unpaired) electrons. The van der Waals surface area contributed by atoms with E-state index in [0.29, 0.717) is 31.9 Å². The smallest absolute Gasteiger partial charge is 0.368 e. The lowest BCUT2D eigenvalue weighted by Gasteiger charge is -2.36. The Labute approximate surface area is 199 Å². The predicted octanol–water partition coefficient (Wildman–Crippen LogP) is 5.65. The quantitative estimate of drug-likeness (QED) is 0.418. The molecule has 1 aliphatic heterocycles. The van der Waals surface area contributed by atoms with Gasteiger partial charge in [-0.1, -0.05) is 47.7 Å². The number of thioether (sulfide) groups is 1. The minimum Gasteiger partial charge on any atom is -0.368 e. The third-order valence-electron chi connectivity index (χ3n) is 5.52. The van der Waals surface area contributed by atoms with E-state index in [2.05, 4.69) is 36.2 Å². The van der Waals surface area contributed by atoms with E-state index in [1.54, 1.807) is 34.1 Å². The standard InChI is InChI=1S/C24H24F3N3OS2/c1-17-5-7-18(8-6-17)15-32-23-28-20(16-33-23)14-22(31)30-11-9-29(10-12-30)21-4-2-3-19(13-21)24(25,26)27/h2-8,13,16H,9-12,14-15H2,1H3. The van der Waals surface area contributed by atoms with Crippen LogP contribution in [0, 0.1) is 6.92 Å². The zero-order valence-corrected chi connectivity index (χ0v) is 19.8. The third kappa shape index (κ3) is 6.29. The number of carbonyl (C=O) groups is 1. The van der Waals surface area contributed by atoms with Crippen molar-refractivity contribution in [3.05, 3.63) is 76.3 Å². The van der Waals surface area contributed by atoms with E-state index < -0.39 is 11.7 Å². The van der Waals surface area contributed by atoms with Gasteiger partial charge in [0.05, 0.1) is 17.7 Å². The van der Waals surface area contributed by atoms with Crippen molar-refractivity contribution in [2.75, 3.05) is 31.1 Å². The Kier molecular flexibility index (Phi) is 7.29. The molecule has 4 nitrogen and oxygen atoms in total. The van der Waals surface area contributed by atoms with Crippen molar-refractivity contribution in [1.29, 1.82) is 0 Å². The second-order valence-electron chi connectivity index (χ2n) is 7.97. The maximum Gasteiger partial charge on any atom is 0.416 e. The van der Waals surface area contributed by atoms with E-state index in [1.165, 1.54) is 23.3 Å². The lowest BCUT2D eigenvalue weighted by molar-refractivity contribution is -0.137. The molecule has 1 aromatic heterocycles. The zero-order chi connectivity index (χ0) is 23.4. The van der Waals surface area contributed by atoms with Gasteiger partial charge in [-0.05, 0) is 30.7 Å². The number of halogens is 3. The van der Waals surface area contributed by atoms with E-state index in [0.717, 1.165) is 21.9 Å². The molecule has 0 unspecified atom stereocenters. The number of hydrogen-bond acceptors (Lipinski definition) is 5. The summed E-state index contributed by atoms with van der Waals surface area (Å²) in [4.78, 5) is 21.0. The van der Waals surface area contributed by atoms with Crippen LogP contribution < -0.4 is 4.90 Å². The topological polar surface area (TPSA) is 36.4 Å². The summed E-state index contributed by atoms with van der Waals surface area (Å²) in [5, 5.41) is 1.92. The minimum atomic E-state index is -4.36. The van der Waals surface area contributed by atoms with Crippen LogP contribution in [0.4, 0.5) is 18.9 Å². The summed E-state index contributed by atoms with van der Waals surface area (Å²) in [6.07, 6.45) is -4.12. The number of benzene rings is 2. The van der Waals surface area contributed by atoms with Gasteiger partial charge in [0.1, 0.15) is 4.34 Å². The number of alkyl halides is 3. The Balaban J connectivity index is 1.27. The molecule has 174 valence electrons. The first-order valence-corrected chi connectivity index (χ1v) is 12.5. The van der Waals surface area contributed by atoms with Gasteiger partial charge >= 0.3 is 6.18 Å². The van der Waals surface area contributed by atoms with Gasteiger partial charge in [0.2, 0.25) is 5.91 Å². The summed E-state index contributed by atoms with van der Waals surface area (Å²) in [7, 11) is 0. The van der Waals surface area contributed by atoms with Crippen LogP contribution in [0.1, 0.15) is 22.4 Å².